The molecule has 0 aromatic heterocycles. The first-order chi connectivity index (χ1) is 30.5. The predicted molar refractivity (Wildman–Crippen MR) is 269 cm³/mol. The Balaban J connectivity index is 3.42. The molecule has 2 unspecified atom stereocenters. The molecule has 0 saturated carbocycles. The summed E-state index contributed by atoms with van der Waals surface area (Å²) in [6, 6.07) is -0.553. The molecule has 0 aromatic rings. The van der Waals surface area contributed by atoms with Crippen LogP contribution in [0, 0.1) is 0 Å². The minimum Gasteiger partial charge on any atom is -0.466 e. The Kier molecular flexibility index (Phi) is 51.5. The lowest BCUT2D eigenvalue weighted by atomic mass is 10.0. The second-order valence-electron chi connectivity index (χ2n) is 19.6. The summed E-state index contributed by atoms with van der Waals surface area (Å²) in [4.78, 5) is 24.6. The number of aliphatic hydroxyl groups excluding tert-OH is 2. The van der Waals surface area contributed by atoms with Crippen LogP contribution in [-0.2, 0) is 14.3 Å². The summed E-state index contributed by atoms with van der Waals surface area (Å²) in [5.41, 5.74) is 0. The van der Waals surface area contributed by atoms with Crippen molar-refractivity contribution in [2.45, 2.75) is 334 Å². The predicted octanol–water partition coefficient (Wildman–Crippen LogP) is 17.1. The first-order valence-corrected chi connectivity index (χ1v) is 28.3. The monoisotopic (exact) mass is 878 g/mol. The minimum absolute atomic E-state index is 0.00787. The Morgan fingerprint density at radius 1 is 0.387 bits per heavy atom. The molecule has 370 valence electrons. The van der Waals surface area contributed by atoms with Gasteiger partial charge in [-0.3, -0.25) is 9.59 Å². The Labute approximate surface area is 387 Å². The molecule has 6 nitrogen and oxygen atoms in total. The van der Waals surface area contributed by atoms with Gasteiger partial charge in [-0.2, -0.15) is 0 Å². The lowest BCUT2D eigenvalue weighted by molar-refractivity contribution is -0.143. The van der Waals surface area contributed by atoms with Crippen LogP contribution in [-0.4, -0.2) is 47.4 Å². The van der Waals surface area contributed by atoms with E-state index in [1.165, 1.54) is 231 Å². The fourth-order valence-electron chi connectivity index (χ4n) is 9.05. The SMILES string of the molecule is CCCCCCCCCCCCCCCCCCCCCC(=O)OCCCCCCCCCCCCCC(=O)NC(CO)C(O)CCCCCCCCCCCCCCCCC. The highest BCUT2D eigenvalue weighted by atomic mass is 16.5. The van der Waals surface area contributed by atoms with Crippen LogP contribution in [0.4, 0.5) is 0 Å². The highest BCUT2D eigenvalue weighted by molar-refractivity contribution is 5.76. The maximum atomic E-state index is 12.5. The van der Waals surface area contributed by atoms with Crippen molar-refractivity contribution in [3.63, 3.8) is 0 Å². The molecule has 0 radical (unpaired) electrons. The van der Waals surface area contributed by atoms with E-state index in [2.05, 4.69) is 19.2 Å². The number of nitrogens with one attached hydrogen (secondary N) is 1. The third-order valence-corrected chi connectivity index (χ3v) is 13.4. The van der Waals surface area contributed by atoms with Crippen LogP contribution in [0.15, 0.2) is 0 Å². The maximum Gasteiger partial charge on any atom is 0.305 e. The van der Waals surface area contributed by atoms with Crippen molar-refractivity contribution >= 4 is 11.9 Å². The maximum absolute atomic E-state index is 12.5. The average molecular weight is 879 g/mol. The van der Waals surface area contributed by atoms with Crippen molar-refractivity contribution in [2.24, 2.45) is 0 Å². The molecule has 1 amide bonds. The molecule has 0 heterocycles. The Morgan fingerprint density at radius 3 is 0.984 bits per heavy atom. The van der Waals surface area contributed by atoms with Crippen LogP contribution in [0.3, 0.4) is 0 Å². The van der Waals surface area contributed by atoms with Gasteiger partial charge in [0, 0.05) is 12.8 Å². The van der Waals surface area contributed by atoms with Crippen LogP contribution in [0.1, 0.15) is 322 Å². The van der Waals surface area contributed by atoms with Crippen LogP contribution in [0.5, 0.6) is 0 Å². The van der Waals surface area contributed by atoms with E-state index in [0.717, 1.165) is 57.8 Å². The molecule has 6 heteroatoms. The van der Waals surface area contributed by atoms with Gasteiger partial charge in [-0.1, -0.05) is 284 Å². The summed E-state index contributed by atoms with van der Waals surface area (Å²) in [5, 5.41) is 23.2. The number of hydrogen-bond donors (Lipinski definition) is 3. The average Bonchev–Trinajstić information content (AvgIpc) is 3.27. The summed E-state index contributed by atoms with van der Waals surface area (Å²) in [6.07, 6.45) is 59.4. The number of unbranched alkanes of at least 4 members (excludes halogenated alkanes) is 42. The summed E-state index contributed by atoms with van der Waals surface area (Å²) >= 11 is 0. The first-order valence-electron chi connectivity index (χ1n) is 28.3. The van der Waals surface area contributed by atoms with E-state index in [1.54, 1.807) is 0 Å². The second-order valence-corrected chi connectivity index (χ2v) is 19.6. The molecule has 0 spiro atoms. The highest BCUT2D eigenvalue weighted by Gasteiger charge is 2.20. The largest absolute Gasteiger partial charge is 0.466 e. The number of esters is 1. The molecule has 0 aliphatic rings. The molecule has 0 aliphatic carbocycles. The number of carbonyl (C=O) groups excluding carboxylic acids is 2. The van der Waals surface area contributed by atoms with Crippen LogP contribution >= 0.6 is 0 Å². The lowest BCUT2D eigenvalue weighted by Crippen LogP contribution is -2.45. The number of carbonyl (C=O) groups is 2. The third-order valence-electron chi connectivity index (χ3n) is 13.4. The zero-order valence-corrected chi connectivity index (χ0v) is 42.1. The zero-order valence-electron chi connectivity index (χ0n) is 42.1. The van der Waals surface area contributed by atoms with E-state index in [1.807, 2.05) is 0 Å². The van der Waals surface area contributed by atoms with E-state index >= 15 is 0 Å². The quantitative estimate of drug-likeness (QED) is 0.0418. The van der Waals surface area contributed by atoms with E-state index in [0.29, 0.717) is 25.9 Å². The first kappa shape index (κ1) is 60.9. The van der Waals surface area contributed by atoms with Crippen molar-refractivity contribution in [1.29, 1.82) is 0 Å². The molecule has 0 aromatic carbocycles. The molecule has 3 N–H and O–H groups in total. The van der Waals surface area contributed by atoms with Gasteiger partial charge in [-0.15, -0.1) is 0 Å². The Hall–Kier alpha value is -1.14. The standard InChI is InChI=1S/C56H111NO5/c1-3-5-7-9-11-13-15-17-19-20-21-22-24-26-30-34-38-42-46-50-56(61)62-51-47-43-39-35-31-27-29-33-37-41-45-49-55(60)57-53(52-58)54(59)48-44-40-36-32-28-25-23-18-16-14-12-10-8-6-4-2/h53-54,58-59H,3-52H2,1-2H3,(H,57,60). The number of ether oxygens (including phenoxy) is 1. The topological polar surface area (TPSA) is 95.9 Å². The molecular weight excluding hydrogens is 767 g/mol. The molecular formula is C56H111NO5. The van der Waals surface area contributed by atoms with Gasteiger partial charge in [0.15, 0.2) is 0 Å². The fourth-order valence-corrected chi connectivity index (χ4v) is 9.05. The van der Waals surface area contributed by atoms with E-state index in [9.17, 15) is 19.8 Å². The van der Waals surface area contributed by atoms with Crippen molar-refractivity contribution < 1.29 is 24.5 Å². The van der Waals surface area contributed by atoms with Crippen molar-refractivity contribution in [3.8, 4) is 0 Å². The van der Waals surface area contributed by atoms with Crippen LogP contribution < -0.4 is 5.32 Å². The summed E-state index contributed by atoms with van der Waals surface area (Å²) in [7, 11) is 0. The molecule has 0 bridgehead atoms. The highest BCUT2D eigenvalue weighted by Crippen LogP contribution is 2.18. The number of aliphatic hydroxyl groups is 2. The van der Waals surface area contributed by atoms with E-state index < -0.39 is 12.1 Å². The summed E-state index contributed by atoms with van der Waals surface area (Å²) in [6.45, 7) is 4.94. The van der Waals surface area contributed by atoms with Gasteiger partial charge in [0.25, 0.3) is 0 Å². The lowest BCUT2D eigenvalue weighted by Gasteiger charge is -2.22. The number of amides is 1. The molecule has 62 heavy (non-hydrogen) atoms. The Bertz CT molecular complexity index is 882. The molecule has 2 atom stereocenters. The van der Waals surface area contributed by atoms with Gasteiger partial charge in [0.1, 0.15) is 0 Å². The van der Waals surface area contributed by atoms with Crippen LogP contribution in [0.25, 0.3) is 0 Å². The normalized spacial score (nSPS) is 12.5. The van der Waals surface area contributed by atoms with E-state index in [4.69, 9.17) is 4.74 Å². The minimum atomic E-state index is -0.675. The molecule has 0 fully saturated rings. The van der Waals surface area contributed by atoms with Gasteiger partial charge in [0.05, 0.1) is 25.4 Å². The molecule has 0 saturated heterocycles. The van der Waals surface area contributed by atoms with Crippen molar-refractivity contribution in [1.82, 2.24) is 5.32 Å². The second kappa shape index (κ2) is 52.5. The fraction of sp³-hybridized carbons (Fsp3) is 0.964. The van der Waals surface area contributed by atoms with Gasteiger partial charge < -0.3 is 20.3 Å². The number of hydrogen-bond acceptors (Lipinski definition) is 5. The molecule has 0 rings (SSSR count). The van der Waals surface area contributed by atoms with E-state index in [-0.39, 0.29) is 18.5 Å². The van der Waals surface area contributed by atoms with Gasteiger partial charge in [-0.05, 0) is 25.7 Å². The Morgan fingerprint density at radius 2 is 0.661 bits per heavy atom. The zero-order chi connectivity index (χ0) is 45.1. The van der Waals surface area contributed by atoms with Gasteiger partial charge in [-0.25, -0.2) is 0 Å². The summed E-state index contributed by atoms with van der Waals surface area (Å²) in [5.74, 6) is -0.0586. The smallest absolute Gasteiger partial charge is 0.305 e. The third kappa shape index (κ3) is 48.3. The van der Waals surface area contributed by atoms with Crippen molar-refractivity contribution in [3.05, 3.63) is 0 Å². The summed E-state index contributed by atoms with van der Waals surface area (Å²) < 4.78 is 5.48. The molecule has 0 aliphatic heterocycles. The number of rotatable bonds is 53. The van der Waals surface area contributed by atoms with Crippen molar-refractivity contribution in [2.75, 3.05) is 13.2 Å². The van der Waals surface area contributed by atoms with Gasteiger partial charge in [0.2, 0.25) is 5.91 Å². The van der Waals surface area contributed by atoms with Gasteiger partial charge >= 0.3 is 5.97 Å². The van der Waals surface area contributed by atoms with Crippen LogP contribution in [0.2, 0.25) is 0 Å².